The van der Waals surface area contributed by atoms with Gasteiger partial charge in [-0.3, -0.25) is 19.3 Å². The summed E-state index contributed by atoms with van der Waals surface area (Å²) in [5, 5.41) is -0.569. The van der Waals surface area contributed by atoms with E-state index >= 15 is 0 Å². The molecule has 2 fully saturated rings. The van der Waals surface area contributed by atoms with Crippen molar-refractivity contribution in [3.05, 3.63) is 53.1 Å². The molecule has 1 aromatic carbocycles. The van der Waals surface area contributed by atoms with Crippen LogP contribution in [0.2, 0.25) is 0 Å². The summed E-state index contributed by atoms with van der Waals surface area (Å²) in [5.41, 5.74) is 0.697. The van der Waals surface area contributed by atoms with Crippen LogP contribution >= 0.6 is 11.8 Å². The number of fused-ring (bicyclic) bond motifs is 1. The molecular formula is C23H22N4O5S. The Balaban J connectivity index is 1.21. The van der Waals surface area contributed by atoms with E-state index in [1.165, 1.54) is 0 Å². The molecule has 0 unspecified atom stereocenters. The highest BCUT2D eigenvalue weighted by molar-refractivity contribution is 8.18. The Morgan fingerprint density at radius 2 is 1.82 bits per heavy atom. The largest absolute Gasteiger partial charge is 0.486 e. The van der Waals surface area contributed by atoms with Gasteiger partial charge in [0.15, 0.2) is 11.5 Å². The summed E-state index contributed by atoms with van der Waals surface area (Å²) in [6.07, 6.45) is 3.35. The highest BCUT2D eigenvalue weighted by atomic mass is 32.2. The van der Waals surface area contributed by atoms with E-state index in [9.17, 15) is 14.4 Å². The van der Waals surface area contributed by atoms with E-state index in [0.29, 0.717) is 43.4 Å². The van der Waals surface area contributed by atoms with Gasteiger partial charge in [-0.2, -0.15) is 0 Å². The van der Waals surface area contributed by atoms with Crippen LogP contribution in [-0.4, -0.2) is 77.8 Å². The van der Waals surface area contributed by atoms with Crippen LogP contribution in [0.3, 0.4) is 0 Å². The first kappa shape index (κ1) is 21.5. The Morgan fingerprint density at radius 1 is 1.03 bits per heavy atom. The van der Waals surface area contributed by atoms with E-state index in [2.05, 4.69) is 9.88 Å². The molecule has 1 aromatic heterocycles. The summed E-state index contributed by atoms with van der Waals surface area (Å²) in [4.78, 5) is 47.5. The molecule has 3 amide bonds. The molecule has 3 aliphatic rings. The maximum atomic E-state index is 12.8. The number of benzene rings is 1. The number of carbonyl (C=O) groups is 3. The number of rotatable bonds is 4. The van der Waals surface area contributed by atoms with Crippen LogP contribution in [0, 0.1) is 0 Å². The minimum absolute atomic E-state index is 0.0192. The maximum Gasteiger partial charge on any atom is 0.300 e. The summed E-state index contributed by atoms with van der Waals surface area (Å²) < 4.78 is 11.1. The Morgan fingerprint density at radius 3 is 2.58 bits per heavy atom. The molecule has 2 aromatic rings. The quantitative estimate of drug-likeness (QED) is 0.629. The van der Waals surface area contributed by atoms with E-state index < -0.39 is 17.1 Å². The molecule has 10 heteroatoms. The molecule has 0 radical (unpaired) electrons. The zero-order valence-electron chi connectivity index (χ0n) is 17.8. The van der Waals surface area contributed by atoms with Crippen LogP contribution < -0.4 is 14.4 Å². The van der Waals surface area contributed by atoms with E-state index in [4.69, 9.17) is 9.47 Å². The summed E-state index contributed by atoms with van der Waals surface area (Å²) in [7, 11) is 0. The van der Waals surface area contributed by atoms with Crippen LogP contribution in [0.25, 0.3) is 6.08 Å². The molecule has 0 atom stereocenters. The Hall–Kier alpha value is -3.37. The summed E-state index contributed by atoms with van der Waals surface area (Å²) in [6, 6.07) is 11.1. The number of hydrogen-bond donors (Lipinski definition) is 0. The second-order valence-electron chi connectivity index (χ2n) is 7.77. The summed E-state index contributed by atoms with van der Waals surface area (Å²) in [5.74, 6) is 1.05. The molecule has 33 heavy (non-hydrogen) atoms. The number of thioether (sulfide) groups is 1. The van der Waals surface area contributed by atoms with E-state index in [-0.39, 0.29) is 11.4 Å². The number of piperazine rings is 1. The molecule has 170 valence electrons. The Labute approximate surface area is 194 Å². The fourth-order valence-electron chi connectivity index (χ4n) is 3.92. The molecule has 0 N–H and O–H groups in total. The number of aromatic nitrogens is 1. The lowest BCUT2D eigenvalue weighted by Gasteiger charge is -2.35. The first-order valence-corrected chi connectivity index (χ1v) is 11.5. The minimum atomic E-state index is -0.586. The molecule has 0 bridgehead atoms. The van der Waals surface area contributed by atoms with Crippen molar-refractivity contribution >= 4 is 40.7 Å². The van der Waals surface area contributed by atoms with E-state index in [1.807, 2.05) is 23.1 Å². The van der Waals surface area contributed by atoms with Crippen molar-refractivity contribution in [2.75, 3.05) is 50.8 Å². The number of anilines is 1. The zero-order valence-corrected chi connectivity index (χ0v) is 18.6. The molecule has 3 aliphatic heterocycles. The van der Waals surface area contributed by atoms with Gasteiger partial charge >= 0.3 is 0 Å². The summed E-state index contributed by atoms with van der Waals surface area (Å²) in [6.45, 7) is 3.69. The number of carbonyl (C=O) groups excluding carboxylic acids is 3. The number of ether oxygens (including phenoxy) is 2. The van der Waals surface area contributed by atoms with Crippen LogP contribution in [-0.2, 0) is 9.59 Å². The Kier molecular flexibility index (Phi) is 6.01. The standard InChI is InChI=1S/C23H22N4O5S/c28-21(15-25-7-9-26(10-8-25)20-3-1-2-6-24-20)27-22(29)19(33-23(27)30)14-16-4-5-17-18(13-16)32-12-11-31-17/h1-6,13-14H,7-12,15H2/b19-14-. The van der Waals surface area contributed by atoms with Gasteiger partial charge in [-0.15, -0.1) is 0 Å². The molecular weight excluding hydrogens is 444 g/mol. The predicted molar refractivity (Wildman–Crippen MR) is 123 cm³/mol. The average molecular weight is 467 g/mol. The average Bonchev–Trinajstić information content (AvgIpc) is 3.12. The number of imide groups is 3. The molecule has 0 spiro atoms. The van der Waals surface area contributed by atoms with Gasteiger partial charge in [-0.25, -0.2) is 9.88 Å². The number of pyridine rings is 1. The molecule has 5 rings (SSSR count). The van der Waals surface area contributed by atoms with Crippen molar-refractivity contribution in [1.29, 1.82) is 0 Å². The van der Waals surface area contributed by atoms with Crippen molar-refractivity contribution in [2.45, 2.75) is 0 Å². The molecule has 4 heterocycles. The second kappa shape index (κ2) is 9.24. The molecule has 0 saturated carbocycles. The van der Waals surface area contributed by atoms with Crippen LogP contribution in [0.4, 0.5) is 10.6 Å². The van der Waals surface area contributed by atoms with Gasteiger partial charge < -0.3 is 14.4 Å². The van der Waals surface area contributed by atoms with Crippen LogP contribution in [0.15, 0.2) is 47.5 Å². The van der Waals surface area contributed by atoms with Gasteiger partial charge in [-0.05, 0) is 47.7 Å². The third-order valence-corrected chi connectivity index (χ3v) is 6.48. The summed E-state index contributed by atoms with van der Waals surface area (Å²) >= 11 is 0.773. The zero-order chi connectivity index (χ0) is 22.8. The lowest BCUT2D eigenvalue weighted by atomic mass is 10.1. The van der Waals surface area contributed by atoms with Gasteiger partial charge in [-0.1, -0.05) is 12.1 Å². The van der Waals surface area contributed by atoms with Gasteiger partial charge in [0.25, 0.3) is 17.1 Å². The number of hydrogen-bond acceptors (Lipinski definition) is 9. The van der Waals surface area contributed by atoms with E-state index in [0.717, 1.165) is 35.6 Å². The van der Waals surface area contributed by atoms with Crippen molar-refractivity contribution in [3.63, 3.8) is 0 Å². The first-order chi connectivity index (χ1) is 16.1. The predicted octanol–water partition coefficient (Wildman–Crippen LogP) is 2.24. The lowest BCUT2D eigenvalue weighted by molar-refractivity contribution is -0.138. The number of amides is 3. The normalized spacial score (nSPS) is 19.9. The lowest BCUT2D eigenvalue weighted by Crippen LogP contribution is -2.50. The van der Waals surface area contributed by atoms with Crippen molar-refractivity contribution in [2.24, 2.45) is 0 Å². The smallest absolute Gasteiger partial charge is 0.300 e. The fourth-order valence-corrected chi connectivity index (χ4v) is 4.76. The van der Waals surface area contributed by atoms with Gasteiger partial charge in [0.1, 0.15) is 19.0 Å². The first-order valence-electron chi connectivity index (χ1n) is 10.7. The van der Waals surface area contributed by atoms with E-state index in [1.54, 1.807) is 30.5 Å². The van der Waals surface area contributed by atoms with Crippen LogP contribution in [0.5, 0.6) is 11.5 Å². The third-order valence-electron chi connectivity index (χ3n) is 5.61. The minimum Gasteiger partial charge on any atom is -0.486 e. The number of nitrogens with zero attached hydrogens (tertiary/aromatic N) is 4. The molecule has 0 aliphatic carbocycles. The van der Waals surface area contributed by atoms with Crippen LogP contribution in [0.1, 0.15) is 5.56 Å². The third kappa shape index (κ3) is 4.57. The van der Waals surface area contributed by atoms with Crippen molar-refractivity contribution in [1.82, 2.24) is 14.8 Å². The SMILES string of the molecule is O=C(CN1CCN(c2ccccn2)CC1)N1C(=O)S/C(=C\c2ccc3c(c2)OCCO3)C1=O. The van der Waals surface area contributed by atoms with Gasteiger partial charge in [0.05, 0.1) is 11.4 Å². The fraction of sp³-hybridized carbons (Fsp3) is 0.304. The Bertz CT molecular complexity index is 1120. The molecule has 9 nitrogen and oxygen atoms in total. The highest BCUT2D eigenvalue weighted by Gasteiger charge is 2.40. The maximum absolute atomic E-state index is 12.8. The highest BCUT2D eigenvalue weighted by Crippen LogP contribution is 2.35. The van der Waals surface area contributed by atoms with Gasteiger partial charge in [0, 0.05) is 32.4 Å². The van der Waals surface area contributed by atoms with Crippen molar-refractivity contribution in [3.8, 4) is 11.5 Å². The monoisotopic (exact) mass is 466 g/mol. The van der Waals surface area contributed by atoms with Crippen molar-refractivity contribution < 1.29 is 23.9 Å². The topological polar surface area (TPSA) is 92.3 Å². The molecule has 2 saturated heterocycles. The second-order valence-corrected chi connectivity index (χ2v) is 8.76. The van der Waals surface area contributed by atoms with Gasteiger partial charge in [0.2, 0.25) is 0 Å².